The van der Waals surface area contributed by atoms with Crippen molar-refractivity contribution in [3.05, 3.63) is 69.6 Å². The molecule has 0 unspecified atom stereocenters. The number of hydrogen-bond acceptors (Lipinski definition) is 4. The second-order valence-electron chi connectivity index (χ2n) is 6.19. The maximum Gasteiger partial charge on any atom is 0.287 e. The third-order valence-electron chi connectivity index (χ3n) is 4.35. The Kier molecular flexibility index (Phi) is 5.91. The highest BCUT2D eigenvalue weighted by molar-refractivity contribution is 9.10. The van der Waals surface area contributed by atoms with Crippen molar-refractivity contribution in [1.82, 2.24) is 10.7 Å². The van der Waals surface area contributed by atoms with Gasteiger partial charge in [0.1, 0.15) is 5.76 Å². The number of rotatable bonds is 5. The molecule has 1 aromatic heterocycles. The van der Waals surface area contributed by atoms with Gasteiger partial charge in [0.05, 0.1) is 11.3 Å². The number of aryl methyl sites for hydroxylation is 1. The van der Waals surface area contributed by atoms with Crippen molar-refractivity contribution >= 4 is 33.5 Å². The molecule has 0 bridgehead atoms. The zero-order chi connectivity index (χ0) is 19.4. The molecule has 140 valence electrons. The Morgan fingerprint density at radius 2 is 2.07 bits per heavy atom. The molecule has 7 heteroatoms. The predicted octanol–water partition coefficient (Wildman–Crippen LogP) is 3.74. The van der Waals surface area contributed by atoms with Crippen molar-refractivity contribution in [2.75, 3.05) is 6.54 Å². The lowest BCUT2D eigenvalue weighted by atomic mass is 9.93. The molecule has 0 saturated carbocycles. The van der Waals surface area contributed by atoms with E-state index < -0.39 is 0 Å². The zero-order valence-corrected chi connectivity index (χ0v) is 16.6. The van der Waals surface area contributed by atoms with E-state index in [9.17, 15) is 9.59 Å². The fourth-order valence-corrected chi connectivity index (χ4v) is 3.53. The number of hydrogen-bond donors (Lipinski definition) is 2. The second kappa shape index (κ2) is 8.35. The Balaban J connectivity index is 1.85. The summed E-state index contributed by atoms with van der Waals surface area (Å²) in [5.41, 5.74) is 5.40. The van der Waals surface area contributed by atoms with Crippen LogP contribution < -0.4 is 10.7 Å². The first-order valence-electron chi connectivity index (χ1n) is 8.66. The quantitative estimate of drug-likeness (QED) is 0.560. The molecular weight excluding hydrogens is 410 g/mol. The molecule has 1 aromatic carbocycles. The van der Waals surface area contributed by atoms with E-state index in [-0.39, 0.29) is 17.6 Å². The van der Waals surface area contributed by atoms with Crippen LogP contribution in [0.25, 0.3) is 0 Å². The molecule has 0 aliphatic heterocycles. The Labute approximate surface area is 165 Å². The molecule has 0 fully saturated rings. The SMILES string of the molecule is C=CCNC(=O)c1oc2c(c1C)/C(=N/NC(=O)c1ccccc1Br)CCC2. The van der Waals surface area contributed by atoms with Crippen LogP contribution in [0.3, 0.4) is 0 Å². The highest BCUT2D eigenvalue weighted by atomic mass is 79.9. The molecule has 1 aliphatic carbocycles. The van der Waals surface area contributed by atoms with Gasteiger partial charge in [0.2, 0.25) is 0 Å². The molecule has 2 aromatic rings. The van der Waals surface area contributed by atoms with Crippen LogP contribution in [-0.2, 0) is 6.42 Å². The van der Waals surface area contributed by atoms with Crippen molar-refractivity contribution in [2.24, 2.45) is 5.10 Å². The molecule has 0 saturated heterocycles. The number of halogens is 1. The molecule has 2 N–H and O–H groups in total. The lowest BCUT2D eigenvalue weighted by Gasteiger charge is -2.13. The van der Waals surface area contributed by atoms with Gasteiger partial charge in [-0.1, -0.05) is 18.2 Å². The van der Waals surface area contributed by atoms with Crippen molar-refractivity contribution in [2.45, 2.75) is 26.2 Å². The summed E-state index contributed by atoms with van der Waals surface area (Å²) in [6.45, 7) is 5.79. The molecule has 0 spiro atoms. The summed E-state index contributed by atoms with van der Waals surface area (Å²) in [5.74, 6) is 0.440. The van der Waals surface area contributed by atoms with Gasteiger partial charge in [0, 0.05) is 28.6 Å². The molecular formula is C20H20BrN3O3. The Bertz CT molecular complexity index is 931. The third-order valence-corrected chi connectivity index (χ3v) is 5.04. The highest BCUT2D eigenvalue weighted by Gasteiger charge is 2.28. The molecule has 0 atom stereocenters. The highest BCUT2D eigenvalue weighted by Crippen LogP contribution is 2.29. The van der Waals surface area contributed by atoms with Gasteiger partial charge in [-0.15, -0.1) is 6.58 Å². The van der Waals surface area contributed by atoms with E-state index in [2.05, 4.69) is 38.4 Å². The largest absolute Gasteiger partial charge is 0.455 e. The van der Waals surface area contributed by atoms with Crippen molar-refractivity contribution in [3.63, 3.8) is 0 Å². The minimum atomic E-state index is -0.299. The fourth-order valence-electron chi connectivity index (χ4n) is 3.07. The summed E-state index contributed by atoms with van der Waals surface area (Å²) in [7, 11) is 0. The molecule has 27 heavy (non-hydrogen) atoms. The Morgan fingerprint density at radius 3 is 2.81 bits per heavy atom. The van der Waals surface area contributed by atoms with Crippen molar-refractivity contribution in [3.8, 4) is 0 Å². The van der Waals surface area contributed by atoms with Gasteiger partial charge in [-0.3, -0.25) is 9.59 Å². The number of carbonyl (C=O) groups excluding carboxylic acids is 2. The standard InChI is InChI=1S/C20H20BrN3O3/c1-3-11-22-20(26)18-12(2)17-15(9-6-10-16(17)27-18)23-24-19(25)13-7-4-5-8-14(13)21/h3-5,7-8H,1,6,9-11H2,2H3,(H,22,26)(H,24,25)/b23-15+. The summed E-state index contributed by atoms with van der Waals surface area (Å²) in [6, 6.07) is 7.15. The number of hydrazone groups is 1. The van der Waals surface area contributed by atoms with Crippen LogP contribution in [0.5, 0.6) is 0 Å². The maximum absolute atomic E-state index is 12.4. The summed E-state index contributed by atoms with van der Waals surface area (Å²) in [5, 5.41) is 7.05. The van der Waals surface area contributed by atoms with E-state index in [1.807, 2.05) is 13.0 Å². The Hall–Kier alpha value is -2.67. The van der Waals surface area contributed by atoms with Crippen molar-refractivity contribution < 1.29 is 14.0 Å². The monoisotopic (exact) mass is 429 g/mol. The van der Waals surface area contributed by atoms with Crippen LogP contribution in [-0.4, -0.2) is 24.1 Å². The van der Waals surface area contributed by atoms with Crippen LogP contribution in [0.4, 0.5) is 0 Å². The second-order valence-corrected chi connectivity index (χ2v) is 7.04. The lowest BCUT2D eigenvalue weighted by molar-refractivity contribution is 0.0925. The molecule has 6 nitrogen and oxygen atoms in total. The van der Waals surface area contributed by atoms with Gasteiger partial charge in [0.25, 0.3) is 11.8 Å². The minimum Gasteiger partial charge on any atom is -0.455 e. The van der Waals surface area contributed by atoms with Gasteiger partial charge in [-0.25, -0.2) is 5.43 Å². The van der Waals surface area contributed by atoms with Gasteiger partial charge in [0.15, 0.2) is 5.76 Å². The van der Waals surface area contributed by atoms with Gasteiger partial charge >= 0.3 is 0 Å². The number of nitrogens with zero attached hydrogens (tertiary/aromatic N) is 1. The molecule has 1 aliphatic rings. The minimum absolute atomic E-state index is 0.279. The Morgan fingerprint density at radius 1 is 1.30 bits per heavy atom. The lowest BCUT2D eigenvalue weighted by Crippen LogP contribution is -2.24. The molecule has 0 radical (unpaired) electrons. The van der Waals surface area contributed by atoms with Crippen molar-refractivity contribution in [1.29, 1.82) is 0 Å². The van der Waals surface area contributed by atoms with Crippen LogP contribution in [0.2, 0.25) is 0 Å². The first kappa shape index (κ1) is 19.1. The van der Waals surface area contributed by atoms with Gasteiger partial charge in [-0.05, 0) is 47.8 Å². The normalized spacial score (nSPS) is 14.5. The summed E-state index contributed by atoms with van der Waals surface area (Å²) in [4.78, 5) is 24.7. The number of fused-ring (bicyclic) bond motifs is 1. The van der Waals surface area contributed by atoms with Crippen LogP contribution in [0.1, 0.15) is 50.6 Å². The molecule has 3 rings (SSSR count). The zero-order valence-electron chi connectivity index (χ0n) is 15.0. The average molecular weight is 430 g/mol. The van der Waals surface area contributed by atoms with E-state index in [1.54, 1.807) is 24.3 Å². The summed E-state index contributed by atoms with van der Waals surface area (Å²) < 4.78 is 6.49. The van der Waals surface area contributed by atoms with Gasteiger partial charge < -0.3 is 9.73 Å². The van der Waals surface area contributed by atoms with Crippen LogP contribution in [0, 0.1) is 6.92 Å². The topological polar surface area (TPSA) is 83.7 Å². The fraction of sp³-hybridized carbons (Fsp3) is 0.250. The maximum atomic E-state index is 12.4. The number of carbonyl (C=O) groups is 2. The smallest absolute Gasteiger partial charge is 0.287 e. The van der Waals surface area contributed by atoms with E-state index in [0.717, 1.165) is 35.4 Å². The summed E-state index contributed by atoms with van der Waals surface area (Å²) >= 11 is 3.36. The van der Waals surface area contributed by atoms with E-state index in [1.165, 1.54) is 0 Å². The van der Waals surface area contributed by atoms with Gasteiger partial charge in [-0.2, -0.15) is 5.10 Å². The molecule has 2 amide bonds. The number of furan rings is 1. The van der Waals surface area contributed by atoms with E-state index >= 15 is 0 Å². The first-order chi connectivity index (χ1) is 13.0. The average Bonchev–Trinajstić information content (AvgIpc) is 3.02. The number of benzene rings is 1. The summed E-state index contributed by atoms with van der Waals surface area (Å²) in [6.07, 6.45) is 3.90. The number of amides is 2. The van der Waals surface area contributed by atoms with E-state index in [4.69, 9.17) is 4.42 Å². The molecule has 1 heterocycles. The van der Waals surface area contributed by atoms with E-state index in [0.29, 0.717) is 23.0 Å². The first-order valence-corrected chi connectivity index (χ1v) is 9.45. The third kappa shape index (κ3) is 4.03. The number of nitrogens with one attached hydrogen (secondary N) is 2. The van der Waals surface area contributed by atoms with Crippen LogP contribution >= 0.6 is 15.9 Å². The van der Waals surface area contributed by atoms with Crippen LogP contribution in [0.15, 0.2) is 50.9 Å². The predicted molar refractivity (Wildman–Crippen MR) is 107 cm³/mol.